The van der Waals surface area contributed by atoms with E-state index in [1.807, 2.05) is 0 Å². The first-order valence-electron chi connectivity index (χ1n) is 8.70. The highest BCUT2D eigenvalue weighted by molar-refractivity contribution is 4.89. The third-order valence-corrected chi connectivity index (χ3v) is 5.72. The van der Waals surface area contributed by atoms with Gasteiger partial charge in [0.25, 0.3) is 0 Å². The van der Waals surface area contributed by atoms with Crippen LogP contribution in [0.15, 0.2) is 0 Å². The highest BCUT2D eigenvalue weighted by Gasteiger charge is 2.33. The first kappa shape index (κ1) is 15.3. The number of rotatable bonds is 8. The van der Waals surface area contributed by atoms with Crippen molar-refractivity contribution in [2.24, 2.45) is 5.41 Å². The summed E-state index contributed by atoms with van der Waals surface area (Å²) in [6.45, 7) is 11.0. The van der Waals surface area contributed by atoms with E-state index < -0.39 is 0 Å². The summed E-state index contributed by atoms with van der Waals surface area (Å²) in [6, 6.07) is 1.65. The zero-order valence-corrected chi connectivity index (χ0v) is 13.4. The van der Waals surface area contributed by atoms with E-state index in [1.165, 1.54) is 71.0 Å². The molecule has 112 valence electrons. The molecule has 0 aromatic carbocycles. The molecule has 0 radical (unpaired) electrons. The van der Waals surface area contributed by atoms with Gasteiger partial charge in [-0.3, -0.25) is 4.90 Å². The van der Waals surface area contributed by atoms with Gasteiger partial charge in [0, 0.05) is 18.6 Å². The molecule has 1 atom stereocenters. The predicted molar refractivity (Wildman–Crippen MR) is 83.5 cm³/mol. The van der Waals surface area contributed by atoms with Crippen molar-refractivity contribution in [2.75, 3.05) is 19.6 Å². The SMILES string of the molecule is CCCC(CNC1CC1)N1CCC(CC)(CC)CC1. The van der Waals surface area contributed by atoms with E-state index in [4.69, 9.17) is 0 Å². The predicted octanol–water partition coefficient (Wildman–Crippen LogP) is 3.81. The Bertz CT molecular complexity index is 246. The number of hydrogen-bond donors (Lipinski definition) is 1. The molecule has 1 saturated heterocycles. The summed E-state index contributed by atoms with van der Waals surface area (Å²) >= 11 is 0. The van der Waals surface area contributed by atoms with Crippen LogP contribution in [0.5, 0.6) is 0 Å². The minimum atomic E-state index is 0.664. The van der Waals surface area contributed by atoms with Crippen molar-refractivity contribution in [1.82, 2.24) is 10.2 Å². The molecule has 19 heavy (non-hydrogen) atoms. The number of hydrogen-bond acceptors (Lipinski definition) is 2. The summed E-state index contributed by atoms with van der Waals surface area (Å²) in [5.41, 5.74) is 0.664. The van der Waals surface area contributed by atoms with Crippen LogP contribution in [0.1, 0.15) is 72.1 Å². The average Bonchev–Trinajstić information content (AvgIpc) is 3.28. The van der Waals surface area contributed by atoms with Gasteiger partial charge in [-0.1, -0.05) is 40.0 Å². The molecule has 1 saturated carbocycles. The van der Waals surface area contributed by atoms with Crippen LogP contribution in [0, 0.1) is 5.41 Å². The highest BCUT2D eigenvalue weighted by Crippen LogP contribution is 2.38. The quantitative estimate of drug-likeness (QED) is 0.718. The lowest BCUT2D eigenvalue weighted by Crippen LogP contribution is -2.48. The molecule has 1 heterocycles. The molecule has 2 fully saturated rings. The molecule has 0 spiro atoms. The molecule has 1 unspecified atom stereocenters. The van der Waals surface area contributed by atoms with Crippen molar-refractivity contribution in [2.45, 2.75) is 84.2 Å². The number of piperidine rings is 1. The zero-order valence-electron chi connectivity index (χ0n) is 13.4. The van der Waals surface area contributed by atoms with Crippen molar-refractivity contribution in [3.63, 3.8) is 0 Å². The van der Waals surface area contributed by atoms with E-state index >= 15 is 0 Å². The topological polar surface area (TPSA) is 15.3 Å². The van der Waals surface area contributed by atoms with Gasteiger partial charge in [0.1, 0.15) is 0 Å². The Hall–Kier alpha value is -0.0800. The van der Waals surface area contributed by atoms with Crippen LogP contribution in [0.25, 0.3) is 0 Å². The lowest BCUT2D eigenvalue weighted by atomic mass is 9.74. The Balaban J connectivity index is 1.81. The maximum Gasteiger partial charge on any atom is 0.0220 e. The molecule has 1 aliphatic heterocycles. The minimum Gasteiger partial charge on any atom is -0.312 e. The lowest BCUT2D eigenvalue weighted by Gasteiger charge is -2.44. The van der Waals surface area contributed by atoms with Gasteiger partial charge >= 0.3 is 0 Å². The monoisotopic (exact) mass is 266 g/mol. The Morgan fingerprint density at radius 2 is 1.74 bits per heavy atom. The van der Waals surface area contributed by atoms with Crippen molar-refractivity contribution in [3.05, 3.63) is 0 Å². The largest absolute Gasteiger partial charge is 0.312 e. The fourth-order valence-corrected chi connectivity index (χ4v) is 3.66. The molecule has 2 nitrogen and oxygen atoms in total. The van der Waals surface area contributed by atoms with Gasteiger partial charge in [-0.2, -0.15) is 0 Å². The standard InChI is InChI=1S/C17H34N2/c1-4-7-16(14-18-15-8-9-15)19-12-10-17(5-2,6-3)11-13-19/h15-16,18H,4-14H2,1-3H3. The van der Waals surface area contributed by atoms with Crippen LogP contribution in [0.3, 0.4) is 0 Å². The molecule has 1 aliphatic carbocycles. The number of likely N-dealkylation sites (tertiary alicyclic amines) is 1. The van der Waals surface area contributed by atoms with Gasteiger partial charge in [-0.05, 0) is 50.6 Å². The van der Waals surface area contributed by atoms with Crippen molar-refractivity contribution in [3.8, 4) is 0 Å². The van der Waals surface area contributed by atoms with Crippen LogP contribution >= 0.6 is 0 Å². The maximum atomic E-state index is 3.75. The van der Waals surface area contributed by atoms with Gasteiger partial charge in [0.05, 0.1) is 0 Å². The maximum absolute atomic E-state index is 3.75. The van der Waals surface area contributed by atoms with E-state index in [1.54, 1.807) is 0 Å². The summed E-state index contributed by atoms with van der Waals surface area (Å²) in [7, 11) is 0. The van der Waals surface area contributed by atoms with Gasteiger partial charge in [0.15, 0.2) is 0 Å². The van der Waals surface area contributed by atoms with Crippen LogP contribution in [0.4, 0.5) is 0 Å². The van der Waals surface area contributed by atoms with Gasteiger partial charge in [0.2, 0.25) is 0 Å². The lowest BCUT2D eigenvalue weighted by molar-refractivity contribution is 0.0624. The minimum absolute atomic E-state index is 0.664. The molecule has 2 heteroatoms. The van der Waals surface area contributed by atoms with Crippen LogP contribution in [-0.4, -0.2) is 36.6 Å². The second-order valence-corrected chi connectivity index (χ2v) is 6.87. The number of nitrogens with one attached hydrogen (secondary N) is 1. The third kappa shape index (κ3) is 4.19. The molecule has 1 N–H and O–H groups in total. The smallest absolute Gasteiger partial charge is 0.0220 e. The highest BCUT2D eigenvalue weighted by atomic mass is 15.2. The van der Waals surface area contributed by atoms with Crippen molar-refractivity contribution in [1.29, 1.82) is 0 Å². The van der Waals surface area contributed by atoms with Crippen molar-refractivity contribution < 1.29 is 0 Å². The molecule has 0 aromatic rings. The Kier molecular flexibility index (Phi) is 5.70. The summed E-state index contributed by atoms with van der Waals surface area (Å²) in [6.07, 6.45) is 11.1. The van der Waals surface area contributed by atoms with Gasteiger partial charge in [-0.15, -0.1) is 0 Å². The van der Waals surface area contributed by atoms with Crippen LogP contribution in [0.2, 0.25) is 0 Å². The second-order valence-electron chi connectivity index (χ2n) is 6.87. The molecular weight excluding hydrogens is 232 g/mol. The molecular formula is C17H34N2. The Labute approximate surface area is 120 Å². The van der Waals surface area contributed by atoms with E-state index in [9.17, 15) is 0 Å². The second kappa shape index (κ2) is 7.08. The Morgan fingerprint density at radius 1 is 1.11 bits per heavy atom. The van der Waals surface area contributed by atoms with Gasteiger partial charge < -0.3 is 5.32 Å². The summed E-state index contributed by atoms with van der Waals surface area (Å²) in [4.78, 5) is 2.78. The van der Waals surface area contributed by atoms with E-state index in [0.717, 1.165) is 12.1 Å². The molecule has 2 rings (SSSR count). The fourth-order valence-electron chi connectivity index (χ4n) is 3.66. The molecule has 0 aromatic heterocycles. The normalized spacial score (nSPS) is 25.4. The van der Waals surface area contributed by atoms with Gasteiger partial charge in [-0.25, -0.2) is 0 Å². The molecule has 0 amide bonds. The first-order valence-corrected chi connectivity index (χ1v) is 8.70. The molecule has 2 aliphatic rings. The Morgan fingerprint density at radius 3 is 2.21 bits per heavy atom. The van der Waals surface area contributed by atoms with Crippen molar-refractivity contribution >= 4 is 0 Å². The third-order valence-electron chi connectivity index (χ3n) is 5.72. The van der Waals surface area contributed by atoms with E-state index in [-0.39, 0.29) is 0 Å². The zero-order chi connectivity index (χ0) is 13.7. The summed E-state index contributed by atoms with van der Waals surface area (Å²) in [5, 5.41) is 3.75. The summed E-state index contributed by atoms with van der Waals surface area (Å²) in [5.74, 6) is 0. The summed E-state index contributed by atoms with van der Waals surface area (Å²) < 4.78 is 0. The average molecular weight is 266 g/mol. The van der Waals surface area contributed by atoms with E-state index in [0.29, 0.717) is 5.41 Å². The first-order chi connectivity index (χ1) is 9.23. The van der Waals surface area contributed by atoms with Crippen LogP contribution in [-0.2, 0) is 0 Å². The molecule has 0 bridgehead atoms. The van der Waals surface area contributed by atoms with E-state index in [2.05, 4.69) is 31.0 Å². The fraction of sp³-hybridized carbons (Fsp3) is 1.00. The van der Waals surface area contributed by atoms with Crippen LogP contribution < -0.4 is 5.32 Å². The number of nitrogens with zero attached hydrogens (tertiary/aromatic N) is 1.